The first-order valence-corrected chi connectivity index (χ1v) is 5.44. The third-order valence-corrected chi connectivity index (χ3v) is 3.61. The highest BCUT2D eigenvalue weighted by Crippen LogP contribution is 2.45. The van der Waals surface area contributed by atoms with Gasteiger partial charge < -0.3 is 4.74 Å². The molecule has 1 aliphatic rings. The van der Waals surface area contributed by atoms with E-state index in [4.69, 9.17) is 4.74 Å². The van der Waals surface area contributed by atoms with Gasteiger partial charge in [-0.15, -0.1) is 0 Å². The highest BCUT2D eigenvalue weighted by atomic mass is 16.5. The predicted octanol–water partition coefficient (Wildman–Crippen LogP) is 2.87. The molecule has 1 rings (SSSR count). The molecule has 0 bridgehead atoms. The van der Waals surface area contributed by atoms with Crippen LogP contribution in [0.15, 0.2) is 0 Å². The van der Waals surface area contributed by atoms with Crippen LogP contribution >= 0.6 is 0 Å². The van der Waals surface area contributed by atoms with Crippen LogP contribution in [0.1, 0.15) is 40.5 Å². The quantitative estimate of drug-likeness (QED) is 0.606. The van der Waals surface area contributed by atoms with Crippen molar-refractivity contribution in [3.63, 3.8) is 0 Å². The molecule has 0 heterocycles. The molecule has 14 heavy (non-hydrogen) atoms. The Morgan fingerprint density at radius 2 is 1.86 bits per heavy atom. The van der Waals surface area contributed by atoms with E-state index in [1.807, 2.05) is 0 Å². The predicted molar refractivity (Wildman–Crippen MR) is 56.8 cm³/mol. The topological polar surface area (TPSA) is 26.3 Å². The molecule has 2 heteroatoms. The van der Waals surface area contributed by atoms with E-state index in [-0.39, 0.29) is 11.9 Å². The summed E-state index contributed by atoms with van der Waals surface area (Å²) >= 11 is 0. The Morgan fingerprint density at radius 1 is 1.29 bits per heavy atom. The molecule has 0 spiro atoms. The van der Waals surface area contributed by atoms with Crippen LogP contribution in [0.3, 0.4) is 0 Å². The Kier molecular flexibility index (Phi) is 3.23. The Labute approximate surface area is 87.0 Å². The first-order chi connectivity index (χ1) is 6.36. The van der Waals surface area contributed by atoms with E-state index in [0.717, 1.165) is 12.8 Å². The third kappa shape index (κ3) is 2.28. The molecule has 0 aromatic rings. The average Bonchev–Trinajstić information content (AvgIpc) is 2.45. The van der Waals surface area contributed by atoms with Crippen LogP contribution in [0.5, 0.6) is 0 Å². The molecular weight excluding hydrogens is 176 g/mol. The van der Waals surface area contributed by atoms with Gasteiger partial charge in [0.15, 0.2) is 0 Å². The zero-order valence-corrected chi connectivity index (χ0v) is 9.96. The van der Waals surface area contributed by atoms with Gasteiger partial charge in [-0.3, -0.25) is 4.79 Å². The maximum absolute atomic E-state index is 11.5. The maximum Gasteiger partial charge on any atom is 0.308 e. The minimum absolute atomic E-state index is 0.0238. The molecule has 0 aromatic heterocycles. The second-order valence-corrected chi connectivity index (χ2v) is 5.64. The molecule has 0 aliphatic heterocycles. The zero-order valence-electron chi connectivity index (χ0n) is 9.96. The number of hydrogen-bond donors (Lipinski definition) is 0. The fourth-order valence-electron chi connectivity index (χ4n) is 2.44. The van der Waals surface area contributed by atoms with Crippen LogP contribution in [-0.2, 0) is 9.53 Å². The molecule has 0 aromatic carbocycles. The Balaban J connectivity index is 2.65. The molecule has 1 aliphatic carbocycles. The lowest BCUT2D eigenvalue weighted by molar-refractivity contribution is -0.146. The summed E-state index contributed by atoms with van der Waals surface area (Å²) in [6.45, 7) is 8.92. The number of carbonyl (C=O) groups is 1. The van der Waals surface area contributed by atoms with Gasteiger partial charge in [0.05, 0.1) is 13.0 Å². The first kappa shape index (κ1) is 11.5. The van der Waals surface area contributed by atoms with E-state index in [2.05, 4.69) is 27.7 Å². The molecule has 82 valence electrons. The standard InChI is InChI=1S/C12H22O2/c1-8-6-9(12(2,3)4)7-10(8)11(13)14-5/h8-10H,6-7H2,1-5H3. The highest BCUT2D eigenvalue weighted by molar-refractivity contribution is 5.73. The summed E-state index contributed by atoms with van der Waals surface area (Å²) in [5, 5.41) is 0. The van der Waals surface area contributed by atoms with Crippen molar-refractivity contribution in [2.45, 2.75) is 40.5 Å². The van der Waals surface area contributed by atoms with E-state index >= 15 is 0 Å². The summed E-state index contributed by atoms with van der Waals surface area (Å²) in [6.07, 6.45) is 2.15. The molecule has 0 amide bonds. The summed E-state index contributed by atoms with van der Waals surface area (Å²) in [6, 6.07) is 0. The van der Waals surface area contributed by atoms with Crippen molar-refractivity contribution in [3.05, 3.63) is 0 Å². The second-order valence-electron chi connectivity index (χ2n) is 5.64. The van der Waals surface area contributed by atoms with Gasteiger partial charge in [-0.05, 0) is 30.1 Å². The van der Waals surface area contributed by atoms with Crippen molar-refractivity contribution in [1.29, 1.82) is 0 Å². The van der Waals surface area contributed by atoms with Crippen LogP contribution in [0.2, 0.25) is 0 Å². The zero-order chi connectivity index (χ0) is 10.9. The van der Waals surface area contributed by atoms with Gasteiger partial charge in [-0.25, -0.2) is 0 Å². The van der Waals surface area contributed by atoms with Crippen molar-refractivity contribution in [3.8, 4) is 0 Å². The van der Waals surface area contributed by atoms with Gasteiger partial charge in [-0.1, -0.05) is 27.7 Å². The Morgan fingerprint density at radius 3 is 2.21 bits per heavy atom. The molecule has 0 N–H and O–H groups in total. The molecule has 2 nitrogen and oxygen atoms in total. The first-order valence-electron chi connectivity index (χ1n) is 5.44. The van der Waals surface area contributed by atoms with Gasteiger partial charge in [0.2, 0.25) is 0 Å². The SMILES string of the molecule is COC(=O)C1CC(C(C)(C)C)CC1C. The summed E-state index contributed by atoms with van der Waals surface area (Å²) in [5.41, 5.74) is 0.316. The van der Waals surface area contributed by atoms with Gasteiger partial charge >= 0.3 is 5.97 Å². The van der Waals surface area contributed by atoms with Crippen molar-refractivity contribution in [2.24, 2.45) is 23.2 Å². The van der Waals surface area contributed by atoms with Crippen LogP contribution in [0.4, 0.5) is 0 Å². The normalized spacial score (nSPS) is 33.1. The van der Waals surface area contributed by atoms with Crippen LogP contribution < -0.4 is 0 Å². The lowest BCUT2D eigenvalue weighted by Gasteiger charge is -2.26. The van der Waals surface area contributed by atoms with Crippen molar-refractivity contribution >= 4 is 5.97 Å². The third-order valence-electron chi connectivity index (χ3n) is 3.61. The molecule has 1 saturated carbocycles. The number of ether oxygens (including phenoxy) is 1. The van der Waals surface area contributed by atoms with Crippen molar-refractivity contribution in [1.82, 2.24) is 0 Å². The van der Waals surface area contributed by atoms with E-state index in [1.54, 1.807) is 0 Å². The fraction of sp³-hybridized carbons (Fsp3) is 0.917. The second kappa shape index (κ2) is 3.92. The fourth-order valence-corrected chi connectivity index (χ4v) is 2.44. The number of methoxy groups -OCH3 is 1. The average molecular weight is 198 g/mol. The van der Waals surface area contributed by atoms with Crippen molar-refractivity contribution in [2.75, 3.05) is 7.11 Å². The minimum Gasteiger partial charge on any atom is -0.469 e. The highest BCUT2D eigenvalue weighted by Gasteiger charge is 2.41. The van der Waals surface area contributed by atoms with E-state index in [9.17, 15) is 4.79 Å². The molecule has 1 fully saturated rings. The van der Waals surface area contributed by atoms with Crippen LogP contribution in [0, 0.1) is 23.2 Å². The Hall–Kier alpha value is -0.530. The van der Waals surface area contributed by atoms with Crippen molar-refractivity contribution < 1.29 is 9.53 Å². The molecule has 0 radical (unpaired) electrons. The molecular formula is C12H22O2. The summed E-state index contributed by atoms with van der Waals surface area (Å²) in [5.74, 6) is 1.24. The summed E-state index contributed by atoms with van der Waals surface area (Å²) in [7, 11) is 1.49. The lowest BCUT2D eigenvalue weighted by Crippen LogP contribution is -2.20. The van der Waals surface area contributed by atoms with Gasteiger partial charge in [0.1, 0.15) is 0 Å². The van der Waals surface area contributed by atoms with Gasteiger partial charge in [-0.2, -0.15) is 0 Å². The minimum atomic E-state index is -0.0238. The summed E-state index contributed by atoms with van der Waals surface area (Å²) < 4.78 is 4.83. The van der Waals surface area contributed by atoms with Crippen LogP contribution in [-0.4, -0.2) is 13.1 Å². The maximum atomic E-state index is 11.5. The Bertz CT molecular complexity index is 215. The number of esters is 1. The smallest absolute Gasteiger partial charge is 0.308 e. The van der Waals surface area contributed by atoms with E-state index < -0.39 is 0 Å². The lowest BCUT2D eigenvalue weighted by atomic mass is 9.79. The number of hydrogen-bond acceptors (Lipinski definition) is 2. The summed E-state index contributed by atoms with van der Waals surface area (Å²) in [4.78, 5) is 11.5. The van der Waals surface area contributed by atoms with E-state index in [0.29, 0.717) is 17.3 Å². The van der Waals surface area contributed by atoms with E-state index in [1.165, 1.54) is 7.11 Å². The number of carbonyl (C=O) groups excluding carboxylic acids is 1. The van der Waals surface area contributed by atoms with Crippen LogP contribution in [0.25, 0.3) is 0 Å². The van der Waals surface area contributed by atoms with Gasteiger partial charge in [0.25, 0.3) is 0 Å². The molecule has 0 saturated heterocycles. The molecule has 3 atom stereocenters. The van der Waals surface area contributed by atoms with Gasteiger partial charge in [0, 0.05) is 0 Å². The monoisotopic (exact) mass is 198 g/mol. The molecule has 3 unspecified atom stereocenters. The largest absolute Gasteiger partial charge is 0.469 e. The number of rotatable bonds is 1.